The van der Waals surface area contributed by atoms with Gasteiger partial charge < -0.3 is 15.8 Å². The third-order valence-corrected chi connectivity index (χ3v) is 0.628. The van der Waals surface area contributed by atoms with Gasteiger partial charge in [-0.05, 0) is 6.92 Å². The molecule has 0 aliphatic rings. The van der Waals surface area contributed by atoms with Crippen LogP contribution in [0, 0.1) is 0 Å². The Morgan fingerprint density at radius 1 is 1.89 bits per heavy atom. The second-order valence-electron chi connectivity index (χ2n) is 1.35. The maximum absolute atomic E-state index is 8.00. The lowest BCUT2D eigenvalue weighted by Crippen LogP contribution is -2.28. The molecular formula is C4H11N3O2. The Bertz CT molecular complexity index is 93.8. The zero-order chi connectivity index (χ0) is 7.11. The van der Waals surface area contributed by atoms with E-state index in [0.717, 1.165) is 0 Å². The summed E-state index contributed by atoms with van der Waals surface area (Å²) in [4.78, 5) is 4.68. The molecule has 0 aromatic heterocycles. The van der Waals surface area contributed by atoms with Gasteiger partial charge in [0, 0.05) is 0 Å². The first kappa shape index (κ1) is 8.19. The average Bonchev–Trinajstić information content (AvgIpc) is 1.89. The third kappa shape index (κ3) is 5.05. The number of oxime groups is 1. The van der Waals surface area contributed by atoms with Crippen molar-refractivity contribution in [2.75, 3.05) is 13.2 Å². The number of amidine groups is 1. The maximum Gasteiger partial charge on any atom is 0.155 e. The SMILES string of the molecule is CCONC/C(N)=N/O. The van der Waals surface area contributed by atoms with E-state index < -0.39 is 0 Å². The van der Waals surface area contributed by atoms with Crippen molar-refractivity contribution in [3.05, 3.63) is 0 Å². The van der Waals surface area contributed by atoms with Gasteiger partial charge in [0.1, 0.15) is 0 Å². The number of hydroxylamine groups is 1. The normalized spacial score (nSPS) is 11.9. The monoisotopic (exact) mass is 133 g/mol. The van der Waals surface area contributed by atoms with E-state index >= 15 is 0 Å². The first-order valence-corrected chi connectivity index (χ1v) is 2.62. The molecule has 0 aliphatic carbocycles. The van der Waals surface area contributed by atoms with Crippen LogP contribution in [0.1, 0.15) is 6.92 Å². The van der Waals surface area contributed by atoms with E-state index in [1.54, 1.807) is 0 Å². The Morgan fingerprint density at radius 3 is 3.00 bits per heavy atom. The highest BCUT2D eigenvalue weighted by molar-refractivity contribution is 5.81. The summed E-state index contributed by atoms with van der Waals surface area (Å²) in [6.07, 6.45) is 0. The van der Waals surface area contributed by atoms with Gasteiger partial charge in [-0.2, -0.15) is 5.48 Å². The van der Waals surface area contributed by atoms with E-state index in [9.17, 15) is 0 Å². The fourth-order valence-electron chi connectivity index (χ4n) is 0.262. The molecule has 0 saturated carbocycles. The summed E-state index contributed by atoms with van der Waals surface area (Å²) >= 11 is 0. The lowest BCUT2D eigenvalue weighted by Gasteiger charge is -1.99. The van der Waals surface area contributed by atoms with Crippen molar-refractivity contribution in [3.8, 4) is 0 Å². The second kappa shape index (κ2) is 5.33. The van der Waals surface area contributed by atoms with Crippen molar-refractivity contribution in [1.29, 1.82) is 0 Å². The zero-order valence-corrected chi connectivity index (χ0v) is 5.29. The van der Waals surface area contributed by atoms with Gasteiger partial charge >= 0.3 is 0 Å². The smallest absolute Gasteiger partial charge is 0.155 e. The number of nitrogens with zero attached hydrogens (tertiary/aromatic N) is 1. The number of nitrogens with one attached hydrogen (secondary N) is 1. The first-order valence-electron chi connectivity index (χ1n) is 2.62. The zero-order valence-electron chi connectivity index (χ0n) is 5.29. The van der Waals surface area contributed by atoms with Crippen LogP contribution in [-0.2, 0) is 4.84 Å². The number of hydrogen-bond donors (Lipinski definition) is 3. The van der Waals surface area contributed by atoms with Gasteiger partial charge in [-0.25, -0.2) is 0 Å². The Kier molecular flexibility index (Phi) is 4.85. The predicted molar refractivity (Wildman–Crippen MR) is 33.0 cm³/mol. The molecule has 0 aromatic rings. The molecule has 0 atom stereocenters. The van der Waals surface area contributed by atoms with E-state index in [0.29, 0.717) is 6.61 Å². The molecular weight excluding hydrogens is 122 g/mol. The molecule has 0 radical (unpaired) electrons. The Labute approximate surface area is 53.4 Å². The van der Waals surface area contributed by atoms with Crippen LogP contribution < -0.4 is 11.2 Å². The first-order chi connectivity index (χ1) is 4.31. The summed E-state index contributed by atoms with van der Waals surface area (Å²) < 4.78 is 0. The van der Waals surface area contributed by atoms with Gasteiger partial charge in [0.2, 0.25) is 0 Å². The Hall–Kier alpha value is -0.810. The largest absolute Gasteiger partial charge is 0.409 e. The van der Waals surface area contributed by atoms with E-state index in [1.165, 1.54) is 0 Å². The van der Waals surface area contributed by atoms with Crippen LogP contribution >= 0.6 is 0 Å². The highest BCUT2D eigenvalue weighted by Gasteiger charge is 1.88. The lowest BCUT2D eigenvalue weighted by molar-refractivity contribution is 0.0608. The molecule has 9 heavy (non-hydrogen) atoms. The molecule has 0 amide bonds. The standard InChI is InChI=1S/C4H11N3O2/c1-2-9-6-3-4(5)7-8/h6,8H,2-3H2,1H3,(H2,5,7). The van der Waals surface area contributed by atoms with Crippen molar-refractivity contribution in [3.63, 3.8) is 0 Å². The summed E-state index contributed by atoms with van der Waals surface area (Å²) in [7, 11) is 0. The fourth-order valence-corrected chi connectivity index (χ4v) is 0.262. The van der Waals surface area contributed by atoms with Gasteiger partial charge in [-0.3, -0.25) is 0 Å². The summed E-state index contributed by atoms with van der Waals surface area (Å²) in [6.45, 7) is 2.63. The van der Waals surface area contributed by atoms with Crippen molar-refractivity contribution in [2.45, 2.75) is 6.92 Å². The minimum Gasteiger partial charge on any atom is -0.409 e. The Morgan fingerprint density at radius 2 is 2.56 bits per heavy atom. The van der Waals surface area contributed by atoms with Crippen LogP contribution in [0.4, 0.5) is 0 Å². The quantitative estimate of drug-likeness (QED) is 0.155. The molecule has 0 bridgehead atoms. The molecule has 0 aromatic carbocycles. The van der Waals surface area contributed by atoms with Crippen LogP contribution in [0.2, 0.25) is 0 Å². The van der Waals surface area contributed by atoms with Gasteiger partial charge in [-0.15, -0.1) is 0 Å². The molecule has 5 nitrogen and oxygen atoms in total. The third-order valence-electron chi connectivity index (χ3n) is 0.628. The Balaban J connectivity index is 3.07. The lowest BCUT2D eigenvalue weighted by atomic mass is 10.6. The van der Waals surface area contributed by atoms with Crippen LogP contribution in [0.3, 0.4) is 0 Å². The topological polar surface area (TPSA) is 79.9 Å². The van der Waals surface area contributed by atoms with Gasteiger partial charge in [0.05, 0.1) is 13.2 Å². The van der Waals surface area contributed by atoms with Crippen molar-refractivity contribution in [1.82, 2.24) is 5.48 Å². The van der Waals surface area contributed by atoms with E-state index in [1.807, 2.05) is 6.92 Å². The molecule has 0 fully saturated rings. The van der Waals surface area contributed by atoms with Crippen LogP contribution in [0.5, 0.6) is 0 Å². The molecule has 0 heterocycles. The summed E-state index contributed by atoms with van der Waals surface area (Å²) in [5.41, 5.74) is 7.54. The van der Waals surface area contributed by atoms with Crippen molar-refractivity contribution in [2.24, 2.45) is 10.9 Å². The van der Waals surface area contributed by atoms with Crippen LogP contribution in [0.15, 0.2) is 5.16 Å². The number of rotatable bonds is 4. The van der Waals surface area contributed by atoms with E-state index in [-0.39, 0.29) is 12.4 Å². The average molecular weight is 133 g/mol. The second-order valence-corrected chi connectivity index (χ2v) is 1.35. The molecule has 0 rings (SSSR count). The van der Waals surface area contributed by atoms with Crippen molar-refractivity contribution >= 4 is 5.84 Å². The number of hydrogen-bond acceptors (Lipinski definition) is 4. The van der Waals surface area contributed by atoms with Gasteiger partial charge in [-0.1, -0.05) is 5.16 Å². The summed E-state index contributed by atoms with van der Waals surface area (Å²) in [5.74, 6) is 0.100. The van der Waals surface area contributed by atoms with E-state index in [2.05, 4.69) is 15.5 Å². The fraction of sp³-hybridized carbons (Fsp3) is 0.750. The highest BCUT2D eigenvalue weighted by atomic mass is 16.6. The van der Waals surface area contributed by atoms with Crippen LogP contribution in [0.25, 0.3) is 0 Å². The molecule has 54 valence electrons. The summed E-state index contributed by atoms with van der Waals surface area (Å²) in [6, 6.07) is 0. The highest BCUT2D eigenvalue weighted by Crippen LogP contribution is 1.64. The minimum absolute atomic E-state index is 0.100. The number of nitrogens with two attached hydrogens (primary N) is 1. The molecule has 0 unspecified atom stereocenters. The molecule has 0 saturated heterocycles. The maximum atomic E-state index is 8.00. The molecule has 4 N–H and O–H groups in total. The molecule has 0 spiro atoms. The molecule has 0 aliphatic heterocycles. The van der Waals surface area contributed by atoms with Crippen molar-refractivity contribution < 1.29 is 10.0 Å². The van der Waals surface area contributed by atoms with Gasteiger partial charge in [0.15, 0.2) is 5.84 Å². The molecule has 5 heteroatoms. The summed E-state index contributed by atoms with van der Waals surface area (Å²) in [5, 5.41) is 10.7. The van der Waals surface area contributed by atoms with Crippen LogP contribution in [-0.4, -0.2) is 24.2 Å². The van der Waals surface area contributed by atoms with E-state index in [4.69, 9.17) is 10.9 Å². The van der Waals surface area contributed by atoms with Gasteiger partial charge in [0.25, 0.3) is 0 Å². The predicted octanol–water partition coefficient (Wildman–Crippen LogP) is -0.726. The minimum atomic E-state index is 0.100.